The molecule has 0 atom stereocenters. The lowest BCUT2D eigenvalue weighted by Crippen LogP contribution is -2.08. The Balaban J connectivity index is 2.59. The van der Waals surface area contributed by atoms with Crippen molar-refractivity contribution < 1.29 is 9.53 Å². The molecular formula is C16H15IO2. The number of aryl methyl sites for hydroxylation is 2. The van der Waals surface area contributed by atoms with Gasteiger partial charge in [-0.05, 0) is 65.8 Å². The summed E-state index contributed by atoms with van der Waals surface area (Å²) in [6.07, 6.45) is 0. The van der Waals surface area contributed by atoms with Crippen molar-refractivity contribution in [3.8, 4) is 5.75 Å². The van der Waals surface area contributed by atoms with Crippen LogP contribution in [0.1, 0.15) is 27.0 Å². The number of hydrogen-bond acceptors (Lipinski definition) is 2. The molecule has 0 heterocycles. The molecule has 0 amide bonds. The zero-order valence-electron chi connectivity index (χ0n) is 11.2. The Morgan fingerprint density at radius 2 is 1.84 bits per heavy atom. The smallest absolute Gasteiger partial charge is 0.198 e. The van der Waals surface area contributed by atoms with Gasteiger partial charge >= 0.3 is 0 Å². The average molecular weight is 366 g/mol. The van der Waals surface area contributed by atoms with Crippen LogP contribution in [-0.4, -0.2) is 12.9 Å². The van der Waals surface area contributed by atoms with E-state index in [4.69, 9.17) is 4.74 Å². The molecule has 0 bridgehead atoms. The largest absolute Gasteiger partial charge is 0.496 e. The molecule has 0 unspecified atom stereocenters. The summed E-state index contributed by atoms with van der Waals surface area (Å²) in [6.45, 7) is 3.94. The van der Waals surface area contributed by atoms with Crippen molar-refractivity contribution in [2.75, 3.05) is 7.11 Å². The van der Waals surface area contributed by atoms with Crippen molar-refractivity contribution in [2.24, 2.45) is 0 Å². The fourth-order valence-electron chi connectivity index (χ4n) is 2.16. The number of ether oxygens (including phenoxy) is 1. The van der Waals surface area contributed by atoms with Gasteiger partial charge in [0, 0.05) is 9.13 Å². The monoisotopic (exact) mass is 366 g/mol. The van der Waals surface area contributed by atoms with E-state index >= 15 is 0 Å². The van der Waals surface area contributed by atoms with Gasteiger partial charge in [-0.2, -0.15) is 0 Å². The molecule has 0 aliphatic heterocycles. The average Bonchev–Trinajstić information content (AvgIpc) is 2.37. The van der Waals surface area contributed by atoms with E-state index in [9.17, 15) is 4.79 Å². The first-order chi connectivity index (χ1) is 9.04. The third-order valence-corrected chi connectivity index (χ3v) is 3.95. The van der Waals surface area contributed by atoms with E-state index in [1.807, 2.05) is 50.2 Å². The van der Waals surface area contributed by atoms with Crippen molar-refractivity contribution in [1.82, 2.24) is 0 Å². The molecule has 98 valence electrons. The second kappa shape index (κ2) is 5.74. The summed E-state index contributed by atoms with van der Waals surface area (Å²) in [5.41, 5.74) is 3.40. The zero-order valence-corrected chi connectivity index (χ0v) is 13.3. The van der Waals surface area contributed by atoms with E-state index in [1.165, 1.54) is 0 Å². The molecule has 0 aromatic heterocycles. The maximum absolute atomic E-state index is 12.7. The van der Waals surface area contributed by atoms with Crippen LogP contribution in [0.5, 0.6) is 5.75 Å². The Hall–Kier alpha value is -1.36. The SMILES string of the molecule is COc1cc(C)cc(C)c1C(=O)c1ccccc1I. The van der Waals surface area contributed by atoms with Crippen molar-refractivity contribution in [3.05, 3.63) is 62.2 Å². The summed E-state index contributed by atoms with van der Waals surface area (Å²) in [5, 5.41) is 0. The maximum Gasteiger partial charge on any atom is 0.198 e. The molecule has 0 aliphatic rings. The highest BCUT2D eigenvalue weighted by atomic mass is 127. The van der Waals surface area contributed by atoms with Crippen molar-refractivity contribution >= 4 is 28.4 Å². The van der Waals surface area contributed by atoms with Crippen LogP contribution in [0.3, 0.4) is 0 Å². The Kier molecular flexibility index (Phi) is 4.24. The van der Waals surface area contributed by atoms with Crippen LogP contribution in [0.2, 0.25) is 0 Å². The van der Waals surface area contributed by atoms with Crippen LogP contribution in [0.25, 0.3) is 0 Å². The predicted molar refractivity (Wildman–Crippen MR) is 85.1 cm³/mol. The molecule has 0 spiro atoms. The van der Waals surface area contributed by atoms with Crippen molar-refractivity contribution in [1.29, 1.82) is 0 Å². The van der Waals surface area contributed by atoms with Crippen molar-refractivity contribution in [2.45, 2.75) is 13.8 Å². The number of rotatable bonds is 3. The van der Waals surface area contributed by atoms with Gasteiger partial charge in [-0.15, -0.1) is 0 Å². The molecule has 0 saturated carbocycles. The third-order valence-electron chi connectivity index (χ3n) is 3.01. The summed E-state index contributed by atoms with van der Waals surface area (Å²) in [4.78, 5) is 12.7. The van der Waals surface area contributed by atoms with E-state index in [1.54, 1.807) is 7.11 Å². The zero-order chi connectivity index (χ0) is 14.0. The number of ketones is 1. The van der Waals surface area contributed by atoms with Crippen molar-refractivity contribution in [3.63, 3.8) is 0 Å². The van der Waals surface area contributed by atoms with E-state index < -0.39 is 0 Å². The first-order valence-corrected chi connectivity index (χ1v) is 7.07. The molecule has 0 aliphatic carbocycles. The van der Waals surface area contributed by atoms with Gasteiger partial charge in [-0.1, -0.05) is 18.2 Å². The first-order valence-electron chi connectivity index (χ1n) is 5.99. The summed E-state index contributed by atoms with van der Waals surface area (Å²) < 4.78 is 6.32. The van der Waals surface area contributed by atoms with Crippen LogP contribution >= 0.6 is 22.6 Å². The number of carbonyl (C=O) groups excluding carboxylic acids is 1. The molecule has 2 nitrogen and oxygen atoms in total. The normalized spacial score (nSPS) is 10.3. The van der Waals surface area contributed by atoms with Crippen LogP contribution < -0.4 is 4.74 Å². The van der Waals surface area contributed by atoms with E-state index in [0.29, 0.717) is 16.9 Å². The van der Waals surface area contributed by atoms with Gasteiger partial charge in [0.2, 0.25) is 0 Å². The number of benzene rings is 2. The highest BCUT2D eigenvalue weighted by Crippen LogP contribution is 2.28. The quantitative estimate of drug-likeness (QED) is 0.603. The molecule has 0 saturated heterocycles. The van der Waals surface area contributed by atoms with Gasteiger partial charge in [0.1, 0.15) is 5.75 Å². The topological polar surface area (TPSA) is 26.3 Å². The summed E-state index contributed by atoms with van der Waals surface area (Å²) in [6, 6.07) is 11.5. The molecule has 2 rings (SSSR count). The molecule has 2 aromatic rings. The van der Waals surface area contributed by atoms with E-state index in [-0.39, 0.29) is 5.78 Å². The van der Waals surface area contributed by atoms with Crippen LogP contribution in [0.15, 0.2) is 36.4 Å². The van der Waals surface area contributed by atoms with Crippen LogP contribution in [0, 0.1) is 17.4 Å². The standard InChI is InChI=1S/C16H15IO2/c1-10-8-11(2)15(14(9-10)19-3)16(18)12-6-4-5-7-13(12)17/h4-9H,1-3H3. The van der Waals surface area contributed by atoms with Crippen LogP contribution in [-0.2, 0) is 0 Å². The van der Waals surface area contributed by atoms with Gasteiger partial charge < -0.3 is 4.74 Å². The highest BCUT2D eigenvalue weighted by molar-refractivity contribution is 14.1. The lowest BCUT2D eigenvalue weighted by Gasteiger charge is -2.13. The molecule has 0 fully saturated rings. The summed E-state index contributed by atoms with van der Waals surface area (Å²) in [7, 11) is 1.60. The Morgan fingerprint density at radius 3 is 2.47 bits per heavy atom. The fourth-order valence-corrected chi connectivity index (χ4v) is 2.79. The lowest BCUT2D eigenvalue weighted by atomic mass is 9.96. The Labute approximate surface area is 126 Å². The maximum atomic E-state index is 12.7. The molecule has 0 N–H and O–H groups in total. The minimum Gasteiger partial charge on any atom is -0.496 e. The van der Waals surface area contributed by atoms with Gasteiger partial charge in [-0.25, -0.2) is 0 Å². The minimum atomic E-state index is 0.0133. The van der Waals surface area contributed by atoms with Gasteiger partial charge in [0.05, 0.1) is 12.7 Å². The van der Waals surface area contributed by atoms with Gasteiger partial charge in [0.25, 0.3) is 0 Å². The number of carbonyl (C=O) groups is 1. The summed E-state index contributed by atoms with van der Waals surface area (Å²) in [5.74, 6) is 0.654. The summed E-state index contributed by atoms with van der Waals surface area (Å²) >= 11 is 2.18. The molecule has 2 aromatic carbocycles. The Morgan fingerprint density at radius 1 is 1.16 bits per heavy atom. The van der Waals surface area contributed by atoms with Gasteiger partial charge in [0.15, 0.2) is 5.78 Å². The highest BCUT2D eigenvalue weighted by Gasteiger charge is 2.19. The number of methoxy groups -OCH3 is 1. The molecule has 0 radical (unpaired) electrons. The van der Waals surface area contributed by atoms with Gasteiger partial charge in [-0.3, -0.25) is 4.79 Å². The molecular weight excluding hydrogens is 351 g/mol. The molecule has 3 heteroatoms. The van der Waals surface area contributed by atoms with E-state index in [0.717, 1.165) is 14.7 Å². The second-order valence-electron chi connectivity index (χ2n) is 4.47. The fraction of sp³-hybridized carbons (Fsp3) is 0.188. The minimum absolute atomic E-state index is 0.0133. The second-order valence-corrected chi connectivity index (χ2v) is 5.63. The lowest BCUT2D eigenvalue weighted by molar-refractivity contribution is 0.103. The number of hydrogen-bond donors (Lipinski definition) is 0. The van der Waals surface area contributed by atoms with Crippen LogP contribution in [0.4, 0.5) is 0 Å². The number of halogens is 1. The third kappa shape index (κ3) is 2.81. The predicted octanol–water partition coefficient (Wildman–Crippen LogP) is 4.15. The molecule has 19 heavy (non-hydrogen) atoms. The van der Waals surface area contributed by atoms with E-state index in [2.05, 4.69) is 22.6 Å². The first kappa shape index (κ1) is 14.1. The Bertz CT molecular complexity index is 633.